The maximum atomic E-state index is 12.3. The third-order valence-corrected chi connectivity index (χ3v) is 9.35. The molecule has 4 heteroatoms. The van der Waals surface area contributed by atoms with Crippen LogP contribution in [0.5, 0.6) is 0 Å². The van der Waals surface area contributed by atoms with Gasteiger partial charge in [-0.2, -0.15) is 0 Å². The summed E-state index contributed by atoms with van der Waals surface area (Å²) in [7, 11) is 0. The van der Waals surface area contributed by atoms with Gasteiger partial charge in [0.15, 0.2) is 0 Å². The number of aliphatic hydroxyl groups excluding tert-OH is 2. The number of carbonyl (C=O) groups is 1. The molecule has 0 aliphatic heterocycles. The zero-order valence-corrected chi connectivity index (χ0v) is 32.0. The number of aliphatic hydroxyl groups is 2. The Bertz CT molecular complexity index is 771. The first kappa shape index (κ1) is 46.4. The number of nitrogens with one attached hydrogen (secondary N) is 1. The van der Waals surface area contributed by atoms with E-state index < -0.39 is 12.1 Å². The molecule has 0 rings (SSSR count). The quantitative estimate of drug-likeness (QED) is 0.0455. The Kier molecular flexibility index (Phi) is 38.4. The van der Waals surface area contributed by atoms with Gasteiger partial charge in [0.1, 0.15) is 0 Å². The normalized spacial score (nSPS) is 13.5. The molecule has 2 unspecified atom stereocenters. The summed E-state index contributed by atoms with van der Waals surface area (Å²) >= 11 is 0. The smallest absolute Gasteiger partial charge is 0.220 e. The Morgan fingerprint density at radius 2 is 0.917 bits per heavy atom. The molecule has 1 amide bonds. The molecule has 0 aliphatic rings. The van der Waals surface area contributed by atoms with Crippen molar-refractivity contribution in [3.05, 3.63) is 48.6 Å². The third-order valence-electron chi connectivity index (χ3n) is 9.35. The molecule has 0 bridgehead atoms. The van der Waals surface area contributed by atoms with Crippen LogP contribution in [0.25, 0.3) is 0 Å². The molecule has 2 atom stereocenters. The lowest BCUT2D eigenvalue weighted by Gasteiger charge is -2.22. The van der Waals surface area contributed by atoms with Crippen molar-refractivity contribution in [2.75, 3.05) is 6.61 Å². The minimum Gasteiger partial charge on any atom is -0.394 e. The lowest BCUT2D eigenvalue weighted by Crippen LogP contribution is -2.45. The van der Waals surface area contributed by atoms with Crippen LogP contribution in [0.2, 0.25) is 0 Å². The van der Waals surface area contributed by atoms with Crippen LogP contribution in [-0.2, 0) is 4.79 Å². The number of hydrogen-bond acceptors (Lipinski definition) is 3. The van der Waals surface area contributed by atoms with Gasteiger partial charge in [0.25, 0.3) is 0 Å². The minimum atomic E-state index is -0.657. The first-order valence-electron chi connectivity index (χ1n) is 20.8. The molecule has 280 valence electrons. The number of rotatable bonds is 37. The Hall–Kier alpha value is -1.65. The van der Waals surface area contributed by atoms with E-state index in [0.717, 1.165) is 51.4 Å². The van der Waals surface area contributed by atoms with Gasteiger partial charge in [-0.1, -0.05) is 197 Å². The number of carbonyl (C=O) groups excluding carboxylic acids is 1. The van der Waals surface area contributed by atoms with Crippen LogP contribution in [-0.4, -0.2) is 34.9 Å². The van der Waals surface area contributed by atoms with Crippen molar-refractivity contribution in [2.24, 2.45) is 0 Å². The summed E-state index contributed by atoms with van der Waals surface area (Å²) in [5, 5.41) is 23.0. The van der Waals surface area contributed by atoms with Crippen molar-refractivity contribution in [3.8, 4) is 0 Å². The summed E-state index contributed by atoms with van der Waals surface area (Å²) < 4.78 is 0. The van der Waals surface area contributed by atoms with Gasteiger partial charge in [0.05, 0.1) is 18.8 Å². The number of amides is 1. The van der Waals surface area contributed by atoms with Gasteiger partial charge in [-0.15, -0.1) is 0 Å². The molecule has 3 N–H and O–H groups in total. The highest BCUT2D eigenvalue weighted by atomic mass is 16.3. The SMILES string of the molecule is CC/C=C\C/C=C\C/C=C\C/C=C\CCCCCCCCCCCCCCCCC(=O)NC(CO)C(O)CCCCCCCCCCC. The highest BCUT2D eigenvalue weighted by Gasteiger charge is 2.19. The first-order chi connectivity index (χ1) is 23.7. The monoisotopic (exact) mass is 672 g/mol. The summed E-state index contributed by atoms with van der Waals surface area (Å²) in [6.45, 7) is 4.22. The summed E-state index contributed by atoms with van der Waals surface area (Å²) in [6, 6.07) is -0.534. The second-order valence-electron chi connectivity index (χ2n) is 14.0. The van der Waals surface area contributed by atoms with Crippen LogP contribution >= 0.6 is 0 Å². The fourth-order valence-electron chi connectivity index (χ4n) is 6.17. The molecule has 0 saturated carbocycles. The zero-order valence-electron chi connectivity index (χ0n) is 32.0. The molecule has 0 spiro atoms. The average molecular weight is 672 g/mol. The Balaban J connectivity index is 3.47. The van der Waals surface area contributed by atoms with Crippen LogP contribution in [0, 0.1) is 0 Å². The van der Waals surface area contributed by atoms with E-state index >= 15 is 0 Å². The van der Waals surface area contributed by atoms with E-state index in [0.29, 0.717) is 12.8 Å². The largest absolute Gasteiger partial charge is 0.394 e. The van der Waals surface area contributed by atoms with Crippen molar-refractivity contribution in [1.29, 1.82) is 0 Å². The van der Waals surface area contributed by atoms with E-state index in [2.05, 4.69) is 67.8 Å². The van der Waals surface area contributed by atoms with E-state index in [1.807, 2.05) is 0 Å². The highest BCUT2D eigenvalue weighted by molar-refractivity contribution is 5.76. The summed E-state index contributed by atoms with van der Waals surface area (Å²) in [5.41, 5.74) is 0. The maximum absolute atomic E-state index is 12.3. The van der Waals surface area contributed by atoms with Gasteiger partial charge < -0.3 is 15.5 Å². The van der Waals surface area contributed by atoms with Crippen molar-refractivity contribution >= 4 is 5.91 Å². The fourth-order valence-corrected chi connectivity index (χ4v) is 6.17. The van der Waals surface area contributed by atoms with Crippen molar-refractivity contribution < 1.29 is 15.0 Å². The molecule has 0 radical (unpaired) electrons. The summed E-state index contributed by atoms with van der Waals surface area (Å²) in [5.74, 6) is -0.0361. The van der Waals surface area contributed by atoms with E-state index in [1.165, 1.54) is 128 Å². The van der Waals surface area contributed by atoms with Gasteiger partial charge in [0, 0.05) is 6.42 Å². The average Bonchev–Trinajstić information content (AvgIpc) is 3.09. The van der Waals surface area contributed by atoms with Gasteiger partial charge in [-0.3, -0.25) is 4.79 Å². The van der Waals surface area contributed by atoms with Crippen LogP contribution < -0.4 is 5.32 Å². The van der Waals surface area contributed by atoms with Crippen molar-refractivity contribution in [2.45, 2.75) is 219 Å². The van der Waals surface area contributed by atoms with E-state index in [1.54, 1.807) is 0 Å². The number of unbranched alkanes of at least 4 members (excludes halogenated alkanes) is 22. The summed E-state index contributed by atoms with van der Waals surface area (Å²) in [6.07, 6.45) is 53.3. The molecular weight excluding hydrogens is 590 g/mol. The van der Waals surface area contributed by atoms with Crippen LogP contribution in [0.4, 0.5) is 0 Å². The lowest BCUT2D eigenvalue weighted by atomic mass is 10.0. The predicted molar refractivity (Wildman–Crippen MR) is 211 cm³/mol. The molecule has 0 saturated heterocycles. The molecule has 0 aromatic carbocycles. The zero-order chi connectivity index (χ0) is 35.0. The van der Waals surface area contributed by atoms with Crippen molar-refractivity contribution in [1.82, 2.24) is 5.32 Å². The van der Waals surface area contributed by atoms with E-state index in [4.69, 9.17) is 0 Å². The second kappa shape index (κ2) is 39.8. The van der Waals surface area contributed by atoms with Gasteiger partial charge in [0.2, 0.25) is 5.91 Å². The van der Waals surface area contributed by atoms with E-state index in [9.17, 15) is 15.0 Å². The molecule has 4 nitrogen and oxygen atoms in total. The molecule has 0 heterocycles. The lowest BCUT2D eigenvalue weighted by molar-refractivity contribution is -0.123. The van der Waals surface area contributed by atoms with Gasteiger partial charge >= 0.3 is 0 Å². The number of allylic oxidation sites excluding steroid dienone is 8. The molecular formula is C44H81NO3. The molecule has 0 aromatic heterocycles. The minimum absolute atomic E-state index is 0.0361. The highest BCUT2D eigenvalue weighted by Crippen LogP contribution is 2.15. The Morgan fingerprint density at radius 3 is 1.38 bits per heavy atom. The molecule has 48 heavy (non-hydrogen) atoms. The van der Waals surface area contributed by atoms with Crippen molar-refractivity contribution in [3.63, 3.8) is 0 Å². The number of hydrogen-bond donors (Lipinski definition) is 3. The second-order valence-corrected chi connectivity index (χ2v) is 14.0. The topological polar surface area (TPSA) is 69.6 Å². The third kappa shape index (κ3) is 35.7. The van der Waals surface area contributed by atoms with Gasteiger partial charge in [-0.25, -0.2) is 0 Å². The maximum Gasteiger partial charge on any atom is 0.220 e. The van der Waals surface area contributed by atoms with Crippen LogP contribution in [0.3, 0.4) is 0 Å². The Morgan fingerprint density at radius 1 is 0.521 bits per heavy atom. The van der Waals surface area contributed by atoms with Gasteiger partial charge in [-0.05, 0) is 51.4 Å². The summed E-state index contributed by atoms with van der Waals surface area (Å²) in [4.78, 5) is 12.3. The van der Waals surface area contributed by atoms with Crippen LogP contribution in [0.1, 0.15) is 206 Å². The molecule has 0 aromatic rings. The van der Waals surface area contributed by atoms with Crippen LogP contribution in [0.15, 0.2) is 48.6 Å². The predicted octanol–water partition coefficient (Wildman–Crippen LogP) is 12.8. The standard InChI is InChI=1S/C44H81NO3/c1-3-5-7-9-11-13-14-15-16-17-18-19-20-21-22-23-24-25-26-27-28-29-30-32-34-36-38-40-44(48)45-42(41-46)43(47)39-37-35-33-31-12-10-8-6-4-2/h5,7,11,13,15-16,18-19,42-43,46-47H,3-4,6,8-10,12,14,17,20-41H2,1-2H3,(H,45,48)/b7-5-,13-11-,16-15-,19-18-. The first-order valence-corrected chi connectivity index (χ1v) is 20.8. The Labute approximate surface area is 299 Å². The molecule has 0 fully saturated rings. The molecule has 0 aliphatic carbocycles. The van der Waals surface area contributed by atoms with E-state index in [-0.39, 0.29) is 12.5 Å². The fraction of sp³-hybridized carbons (Fsp3) is 0.795.